The molecule has 0 saturated carbocycles. The highest BCUT2D eigenvalue weighted by Gasteiger charge is 2.25. The second kappa shape index (κ2) is 10.3. The van der Waals surface area contributed by atoms with Crippen molar-refractivity contribution in [3.05, 3.63) is 170 Å². The van der Waals surface area contributed by atoms with Crippen LogP contribution in [0.15, 0.2) is 170 Å². The second-order valence-electron chi connectivity index (χ2n) is 13.7. The number of benzene rings is 8. The van der Waals surface area contributed by atoms with Crippen LogP contribution in [0.2, 0.25) is 0 Å². The van der Waals surface area contributed by atoms with Gasteiger partial charge in [0.15, 0.2) is 5.82 Å². The first kappa shape index (κ1) is 27.7. The summed E-state index contributed by atoms with van der Waals surface area (Å²) in [7, 11) is 0. The van der Waals surface area contributed by atoms with Crippen molar-refractivity contribution in [3.63, 3.8) is 0 Å². The van der Waals surface area contributed by atoms with Crippen molar-refractivity contribution in [2.75, 3.05) is 0 Å². The molecular formula is C48H28N4. The Labute approximate surface area is 297 Å². The van der Waals surface area contributed by atoms with E-state index in [1.54, 1.807) is 0 Å². The first-order valence-electron chi connectivity index (χ1n) is 17.8. The summed E-state index contributed by atoms with van der Waals surface area (Å²) >= 11 is 0. The Bertz CT molecular complexity index is 3400. The van der Waals surface area contributed by atoms with Gasteiger partial charge in [-0.05, 0) is 63.7 Å². The highest BCUT2D eigenvalue weighted by Crippen LogP contribution is 2.46. The maximum atomic E-state index is 5.45. The van der Waals surface area contributed by atoms with Gasteiger partial charge in [-0.15, -0.1) is 0 Å². The van der Waals surface area contributed by atoms with Crippen molar-refractivity contribution in [3.8, 4) is 28.2 Å². The summed E-state index contributed by atoms with van der Waals surface area (Å²) in [6, 6.07) is 61.0. The predicted octanol–water partition coefficient (Wildman–Crippen LogP) is 12.4. The number of rotatable bonds is 3. The second-order valence-corrected chi connectivity index (χ2v) is 13.7. The quantitative estimate of drug-likeness (QED) is 0.189. The third-order valence-corrected chi connectivity index (χ3v) is 11.0. The van der Waals surface area contributed by atoms with Gasteiger partial charge >= 0.3 is 0 Å². The van der Waals surface area contributed by atoms with Gasteiger partial charge in [-0.1, -0.05) is 133 Å². The lowest BCUT2D eigenvalue weighted by Crippen LogP contribution is -2.03. The van der Waals surface area contributed by atoms with Crippen molar-refractivity contribution in [1.82, 2.24) is 18.9 Å². The standard InChI is InChI=1S/C48H28N4/c1-2-13-32-29(11-1)12-9-16-33(32)30-23-25-31(26-24-30)46-48(50-39-19-6-5-18-38(39)49-46)52-42-22-10-17-36-34-14-3-7-20-40(34)51-41-21-8-4-15-35(41)37-27-28-43(52)45(44(36)42)47(37)51/h1-28H. The van der Waals surface area contributed by atoms with Gasteiger partial charge < -0.3 is 4.40 Å². The topological polar surface area (TPSA) is 35.1 Å². The van der Waals surface area contributed by atoms with Crippen LogP contribution in [0.25, 0.3) is 110 Å². The van der Waals surface area contributed by atoms with Crippen molar-refractivity contribution in [2.24, 2.45) is 0 Å². The Morgan fingerprint density at radius 1 is 0.365 bits per heavy atom. The lowest BCUT2D eigenvalue weighted by atomic mass is 9.97. The molecule has 0 saturated heterocycles. The Balaban J connectivity index is 1.20. The normalized spacial score (nSPS) is 12.2. The van der Waals surface area contributed by atoms with Crippen LogP contribution in [0, 0.1) is 0 Å². The van der Waals surface area contributed by atoms with Gasteiger partial charge in [-0.2, -0.15) is 0 Å². The summed E-state index contributed by atoms with van der Waals surface area (Å²) in [6.45, 7) is 0. The Kier molecular flexibility index (Phi) is 5.47. The molecule has 0 radical (unpaired) electrons. The fourth-order valence-electron chi connectivity index (χ4n) is 8.82. The third kappa shape index (κ3) is 3.65. The van der Waals surface area contributed by atoms with Crippen LogP contribution in [-0.2, 0) is 0 Å². The third-order valence-electron chi connectivity index (χ3n) is 11.0. The largest absolute Gasteiger partial charge is 0.308 e. The van der Waals surface area contributed by atoms with Crippen LogP contribution in [0.3, 0.4) is 0 Å². The summed E-state index contributed by atoms with van der Waals surface area (Å²) in [6.07, 6.45) is 0. The zero-order chi connectivity index (χ0) is 33.9. The van der Waals surface area contributed by atoms with Crippen molar-refractivity contribution >= 4 is 81.7 Å². The molecule has 4 aromatic heterocycles. The smallest absolute Gasteiger partial charge is 0.165 e. The molecule has 4 heteroatoms. The number of nitrogens with zero attached hydrogens (tertiary/aromatic N) is 4. The first-order chi connectivity index (χ1) is 25.8. The molecule has 0 aliphatic carbocycles. The molecular weight excluding hydrogens is 633 g/mol. The molecule has 4 heterocycles. The van der Waals surface area contributed by atoms with E-state index in [-0.39, 0.29) is 0 Å². The SMILES string of the molecule is c1ccc2c(-c3ccc(-c4nc5ccccc5nc4-n4c5cccc6c7ccccc7n7c8ccccc8c8ccc4c(c65)c87)cc3)cccc2c1. The first-order valence-corrected chi connectivity index (χ1v) is 17.8. The number of aromatic nitrogens is 4. The van der Waals surface area contributed by atoms with Gasteiger partial charge in [-0.3, -0.25) is 4.57 Å². The Morgan fingerprint density at radius 2 is 0.942 bits per heavy atom. The maximum Gasteiger partial charge on any atom is 0.165 e. The molecule has 240 valence electrons. The lowest BCUT2D eigenvalue weighted by Gasteiger charge is -2.15. The Morgan fingerprint density at radius 3 is 1.75 bits per heavy atom. The van der Waals surface area contributed by atoms with Crippen molar-refractivity contribution in [2.45, 2.75) is 0 Å². The molecule has 0 amide bonds. The molecule has 8 aromatic carbocycles. The average Bonchev–Trinajstić information content (AvgIpc) is 3.69. The number of fused-ring (bicyclic) bond motifs is 8. The summed E-state index contributed by atoms with van der Waals surface area (Å²) in [4.78, 5) is 10.8. The van der Waals surface area contributed by atoms with Crippen LogP contribution in [0.4, 0.5) is 0 Å². The fraction of sp³-hybridized carbons (Fsp3) is 0. The van der Waals surface area contributed by atoms with E-state index in [4.69, 9.17) is 9.97 Å². The van der Waals surface area contributed by atoms with Gasteiger partial charge in [0.1, 0.15) is 5.69 Å². The highest BCUT2D eigenvalue weighted by atomic mass is 15.1. The molecule has 4 nitrogen and oxygen atoms in total. The molecule has 0 aliphatic heterocycles. The maximum absolute atomic E-state index is 5.45. The monoisotopic (exact) mass is 660 g/mol. The van der Waals surface area contributed by atoms with Gasteiger partial charge in [0.05, 0.1) is 38.6 Å². The van der Waals surface area contributed by atoms with Crippen molar-refractivity contribution in [1.29, 1.82) is 0 Å². The van der Waals surface area contributed by atoms with Crippen LogP contribution >= 0.6 is 0 Å². The van der Waals surface area contributed by atoms with Gasteiger partial charge in [-0.25, -0.2) is 9.97 Å². The van der Waals surface area contributed by atoms with E-state index >= 15 is 0 Å². The van der Waals surface area contributed by atoms with E-state index < -0.39 is 0 Å². The van der Waals surface area contributed by atoms with E-state index in [0.717, 1.165) is 39.1 Å². The van der Waals surface area contributed by atoms with Crippen molar-refractivity contribution < 1.29 is 0 Å². The van der Waals surface area contributed by atoms with E-state index in [1.807, 2.05) is 12.1 Å². The molecule has 0 fully saturated rings. The summed E-state index contributed by atoms with van der Waals surface area (Å²) < 4.78 is 4.84. The number of para-hydroxylation sites is 4. The van der Waals surface area contributed by atoms with Crippen LogP contribution < -0.4 is 0 Å². The Hall–Kier alpha value is -7.04. The highest BCUT2D eigenvalue weighted by molar-refractivity contribution is 6.33. The van der Waals surface area contributed by atoms with Crippen LogP contribution in [-0.4, -0.2) is 18.9 Å². The molecule has 0 spiro atoms. The fourth-order valence-corrected chi connectivity index (χ4v) is 8.82. The minimum Gasteiger partial charge on any atom is -0.308 e. The molecule has 0 N–H and O–H groups in total. The molecule has 52 heavy (non-hydrogen) atoms. The molecule has 0 aliphatic rings. The van der Waals surface area contributed by atoms with E-state index in [2.05, 4.69) is 167 Å². The molecule has 0 bridgehead atoms. The zero-order valence-corrected chi connectivity index (χ0v) is 28.0. The summed E-state index contributed by atoms with van der Waals surface area (Å²) in [5.41, 5.74) is 11.9. The number of hydrogen-bond acceptors (Lipinski definition) is 2. The zero-order valence-electron chi connectivity index (χ0n) is 28.0. The minimum absolute atomic E-state index is 0.824. The molecule has 12 rings (SSSR count). The van der Waals surface area contributed by atoms with Gasteiger partial charge in [0.25, 0.3) is 0 Å². The molecule has 0 atom stereocenters. The summed E-state index contributed by atoms with van der Waals surface area (Å²) in [5.74, 6) is 0.824. The average molecular weight is 661 g/mol. The van der Waals surface area contributed by atoms with Crippen LogP contribution in [0.1, 0.15) is 0 Å². The lowest BCUT2D eigenvalue weighted by molar-refractivity contribution is 1.08. The van der Waals surface area contributed by atoms with E-state index in [9.17, 15) is 0 Å². The van der Waals surface area contributed by atoms with Crippen LogP contribution in [0.5, 0.6) is 0 Å². The van der Waals surface area contributed by atoms with Gasteiger partial charge in [0, 0.05) is 32.5 Å². The van der Waals surface area contributed by atoms with Gasteiger partial charge in [0.2, 0.25) is 0 Å². The molecule has 12 aromatic rings. The molecule has 0 unspecified atom stereocenters. The predicted molar refractivity (Wildman–Crippen MR) is 217 cm³/mol. The summed E-state index contributed by atoms with van der Waals surface area (Å²) in [5, 5.41) is 9.92. The van der Waals surface area contributed by atoms with E-state index in [0.29, 0.717) is 0 Å². The van der Waals surface area contributed by atoms with E-state index in [1.165, 1.54) is 70.8 Å². The minimum atomic E-state index is 0.824. The number of hydrogen-bond donors (Lipinski definition) is 0.